The highest BCUT2D eigenvalue weighted by atomic mass is 79.9. The first kappa shape index (κ1) is 16.3. The van der Waals surface area contributed by atoms with Gasteiger partial charge in [0.1, 0.15) is 0 Å². The molecule has 104 valence electrons. The molecule has 0 aromatic carbocycles. The Morgan fingerprint density at radius 3 is 2.33 bits per heavy atom. The number of halogens is 3. The third-order valence-corrected chi connectivity index (χ3v) is 5.51. The van der Waals surface area contributed by atoms with E-state index in [1.807, 2.05) is 11.6 Å². The number of hydrogen-bond donors (Lipinski definition) is 0. The molecule has 0 radical (unpaired) electrons. The molecule has 0 aliphatic heterocycles. The van der Waals surface area contributed by atoms with Gasteiger partial charge in [-0.05, 0) is 42.6 Å². The third kappa shape index (κ3) is 3.43. The van der Waals surface area contributed by atoms with Gasteiger partial charge >= 0.3 is 0 Å². The lowest BCUT2D eigenvalue weighted by molar-refractivity contribution is 0.330. The van der Waals surface area contributed by atoms with Crippen LogP contribution >= 0.6 is 39.1 Å². The highest BCUT2D eigenvalue weighted by Crippen LogP contribution is 2.35. The molecule has 1 rings (SSSR count). The molecule has 18 heavy (non-hydrogen) atoms. The normalized spacial score (nSPS) is 12.1. The number of nitrogens with zero attached hydrogens (tertiary/aromatic N) is 2. The Bertz CT molecular complexity index is 387. The van der Waals surface area contributed by atoms with Gasteiger partial charge in [0.2, 0.25) is 0 Å². The molecule has 1 aromatic rings. The summed E-state index contributed by atoms with van der Waals surface area (Å²) in [5, 5.41) is 4.53. The Morgan fingerprint density at radius 1 is 1.28 bits per heavy atom. The van der Waals surface area contributed by atoms with Crippen LogP contribution < -0.4 is 0 Å². The van der Waals surface area contributed by atoms with Gasteiger partial charge in [0.15, 0.2) is 0 Å². The van der Waals surface area contributed by atoms with Crippen molar-refractivity contribution in [2.75, 3.05) is 11.8 Å². The van der Waals surface area contributed by atoms with Crippen LogP contribution in [-0.2, 0) is 13.0 Å². The highest BCUT2D eigenvalue weighted by molar-refractivity contribution is 9.10. The average molecular weight is 356 g/mol. The summed E-state index contributed by atoms with van der Waals surface area (Å²) in [5.41, 5.74) is 2.21. The first-order valence-corrected chi connectivity index (χ1v) is 8.23. The molecule has 0 saturated carbocycles. The van der Waals surface area contributed by atoms with Gasteiger partial charge in [-0.15, -0.1) is 23.2 Å². The number of rotatable bonds is 7. The maximum atomic E-state index is 6.18. The molecule has 0 aliphatic carbocycles. The molecule has 0 N–H and O–H groups in total. The van der Waals surface area contributed by atoms with Crippen molar-refractivity contribution in [2.45, 2.75) is 46.6 Å². The average Bonchev–Trinajstić information content (AvgIpc) is 2.65. The second-order valence-electron chi connectivity index (χ2n) is 4.86. The van der Waals surface area contributed by atoms with Crippen molar-refractivity contribution in [2.24, 2.45) is 5.41 Å². The molecule has 0 aliphatic rings. The Kier molecular flexibility index (Phi) is 6.49. The van der Waals surface area contributed by atoms with Crippen LogP contribution in [0.4, 0.5) is 0 Å². The smallest absolute Gasteiger partial charge is 0.0738 e. The zero-order valence-corrected chi connectivity index (χ0v) is 14.4. The molecule has 0 saturated heterocycles. The van der Waals surface area contributed by atoms with Crippen LogP contribution in [0.15, 0.2) is 4.47 Å². The zero-order valence-electron chi connectivity index (χ0n) is 11.3. The lowest BCUT2D eigenvalue weighted by Crippen LogP contribution is -2.29. The Balaban J connectivity index is 3.07. The van der Waals surface area contributed by atoms with Crippen LogP contribution in [0.25, 0.3) is 0 Å². The number of aromatic nitrogens is 2. The summed E-state index contributed by atoms with van der Waals surface area (Å²) in [4.78, 5) is 0. The van der Waals surface area contributed by atoms with Crippen molar-refractivity contribution in [3.63, 3.8) is 0 Å². The predicted octanol–water partition coefficient (Wildman–Crippen LogP) is 4.78. The maximum Gasteiger partial charge on any atom is 0.0738 e. The molecule has 0 bridgehead atoms. The fourth-order valence-electron chi connectivity index (χ4n) is 2.28. The molecular weight excluding hydrogens is 335 g/mol. The van der Waals surface area contributed by atoms with Crippen LogP contribution in [0.1, 0.15) is 38.1 Å². The molecule has 0 unspecified atom stereocenters. The maximum absolute atomic E-state index is 6.18. The molecule has 0 atom stereocenters. The Hall–Kier alpha value is 0.270. The quantitative estimate of drug-likeness (QED) is 0.643. The number of alkyl halides is 2. The summed E-state index contributed by atoms with van der Waals surface area (Å²) in [7, 11) is 0. The van der Waals surface area contributed by atoms with Crippen LogP contribution in [0.3, 0.4) is 0 Å². The van der Waals surface area contributed by atoms with E-state index in [2.05, 4.69) is 34.9 Å². The number of aryl methyl sites for hydroxylation is 2. The van der Waals surface area contributed by atoms with Crippen molar-refractivity contribution >= 4 is 39.1 Å². The van der Waals surface area contributed by atoms with Gasteiger partial charge in [0.05, 0.1) is 15.9 Å². The molecule has 2 nitrogen and oxygen atoms in total. The van der Waals surface area contributed by atoms with Gasteiger partial charge in [0.25, 0.3) is 0 Å². The second-order valence-corrected chi connectivity index (χ2v) is 6.18. The summed E-state index contributed by atoms with van der Waals surface area (Å²) in [6.07, 6.45) is 3.01. The van der Waals surface area contributed by atoms with Gasteiger partial charge in [0, 0.05) is 23.7 Å². The summed E-state index contributed by atoms with van der Waals surface area (Å²) in [6.45, 7) is 7.16. The fraction of sp³-hybridized carbons (Fsp3) is 0.769. The minimum Gasteiger partial charge on any atom is -0.268 e. The van der Waals surface area contributed by atoms with Crippen molar-refractivity contribution in [1.82, 2.24) is 9.78 Å². The van der Waals surface area contributed by atoms with E-state index in [-0.39, 0.29) is 5.41 Å². The zero-order chi connectivity index (χ0) is 13.8. The minimum absolute atomic E-state index is 0.0280. The van der Waals surface area contributed by atoms with E-state index < -0.39 is 0 Å². The lowest BCUT2D eigenvalue weighted by atomic mass is 9.82. The first-order chi connectivity index (χ1) is 8.53. The van der Waals surface area contributed by atoms with Gasteiger partial charge in [-0.25, -0.2) is 0 Å². The molecule has 5 heteroatoms. The summed E-state index contributed by atoms with van der Waals surface area (Å²) >= 11 is 16.0. The van der Waals surface area contributed by atoms with E-state index in [4.69, 9.17) is 23.2 Å². The number of hydrogen-bond acceptors (Lipinski definition) is 1. The fourth-order valence-corrected chi connectivity index (χ4v) is 3.44. The van der Waals surface area contributed by atoms with E-state index in [9.17, 15) is 0 Å². The monoisotopic (exact) mass is 354 g/mol. The molecule has 1 heterocycles. The van der Waals surface area contributed by atoms with Gasteiger partial charge < -0.3 is 0 Å². The standard InChI is InChI=1S/C13H21BrCl2N2/c1-4-6-13(8-15,9-16)7-11-12(14)10(3)17-18(11)5-2/h4-9H2,1-3H3. The predicted molar refractivity (Wildman–Crippen MR) is 82.8 cm³/mol. The highest BCUT2D eigenvalue weighted by Gasteiger charge is 2.30. The van der Waals surface area contributed by atoms with Crippen LogP contribution in [-0.4, -0.2) is 21.5 Å². The van der Waals surface area contributed by atoms with E-state index in [0.29, 0.717) is 11.8 Å². The van der Waals surface area contributed by atoms with Crippen molar-refractivity contribution in [3.8, 4) is 0 Å². The second kappa shape index (κ2) is 7.16. The molecule has 1 aromatic heterocycles. The summed E-state index contributed by atoms with van der Waals surface area (Å²) in [5.74, 6) is 1.18. The largest absolute Gasteiger partial charge is 0.268 e. The minimum atomic E-state index is -0.0280. The van der Waals surface area contributed by atoms with E-state index in [0.717, 1.165) is 36.0 Å². The van der Waals surface area contributed by atoms with Gasteiger partial charge in [-0.1, -0.05) is 13.3 Å². The van der Waals surface area contributed by atoms with Gasteiger partial charge in [-0.2, -0.15) is 5.10 Å². The summed E-state index contributed by atoms with van der Waals surface area (Å²) in [6, 6.07) is 0. The van der Waals surface area contributed by atoms with Crippen molar-refractivity contribution < 1.29 is 0 Å². The van der Waals surface area contributed by atoms with Crippen LogP contribution in [0, 0.1) is 12.3 Å². The molecular formula is C13H21BrCl2N2. The van der Waals surface area contributed by atoms with Crippen LogP contribution in [0.5, 0.6) is 0 Å². The summed E-state index contributed by atoms with van der Waals surface area (Å²) < 4.78 is 3.14. The van der Waals surface area contributed by atoms with Gasteiger partial charge in [-0.3, -0.25) is 4.68 Å². The molecule has 0 fully saturated rings. The SMILES string of the molecule is CCCC(CCl)(CCl)Cc1c(Br)c(C)nn1CC. The Morgan fingerprint density at radius 2 is 1.89 bits per heavy atom. The van der Waals surface area contributed by atoms with Crippen LogP contribution in [0.2, 0.25) is 0 Å². The first-order valence-electron chi connectivity index (χ1n) is 6.37. The van der Waals surface area contributed by atoms with E-state index in [1.54, 1.807) is 0 Å². The topological polar surface area (TPSA) is 17.8 Å². The van der Waals surface area contributed by atoms with E-state index >= 15 is 0 Å². The third-order valence-electron chi connectivity index (χ3n) is 3.34. The molecule has 0 amide bonds. The van der Waals surface area contributed by atoms with Crippen molar-refractivity contribution in [3.05, 3.63) is 15.9 Å². The lowest BCUT2D eigenvalue weighted by Gasteiger charge is -2.29. The molecule has 0 spiro atoms. The Labute approximate surface area is 128 Å². The van der Waals surface area contributed by atoms with Crippen molar-refractivity contribution in [1.29, 1.82) is 0 Å². The van der Waals surface area contributed by atoms with E-state index in [1.165, 1.54) is 5.69 Å².